The largest absolute Gasteiger partial charge is 0.387 e. The van der Waals surface area contributed by atoms with Crippen molar-refractivity contribution in [3.63, 3.8) is 0 Å². The van der Waals surface area contributed by atoms with Crippen molar-refractivity contribution in [2.75, 3.05) is 0 Å². The molecule has 1 saturated carbocycles. The van der Waals surface area contributed by atoms with Crippen LogP contribution >= 0.6 is 0 Å². The van der Waals surface area contributed by atoms with Crippen LogP contribution in [-0.2, 0) is 4.89 Å². The molecule has 0 aromatic rings. The molecule has 0 aromatic carbocycles. The lowest BCUT2D eigenvalue weighted by atomic mass is 9.73. The summed E-state index contributed by atoms with van der Waals surface area (Å²) in [5.41, 5.74) is -0.861. The van der Waals surface area contributed by atoms with E-state index < -0.39 is 11.7 Å². The number of hydrogen-bond acceptors (Lipinski definition) is 3. The molecular weight excluding hydrogens is 168 g/mol. The molecular formula is C10H20O3. The van der Waals surface area contributed by atoms with Gasteiger partial charge in [-0.15, -0.1) is 0 Å². The van der Waals surface area contributed by atoms with Gasteiger partial charge in [0.1, 0.15) is 6.10 Å². The molecule has 3 heteroatoms. The Kier molecular flexibility index (Phi) is 3.33. The fraction of sp³-hybridized carbons (Fsp3) is 1.00. The van der Waals surface area contributed by atoms with E-state index in [1.807, 2.05) is 0 Å². The fourth-order valence-corrected chi connectivity index (χ4v) is 2.05. The maximum absolute atomic E-state index is 9.85. The predicted molar refractivity (Wildman–Crippen MR) is 50.3 cm³/mol. The monoisotopic (exact) mass is 188 g/mol. The zero-order chi connectivity index (χ0) is 10.1. The van der Waals surface area contributed by atoms with E-state index in [2.05, 4.69) is 18.7 Å². The van der Waals surface area contributed by atoms with Gasteiger partial charge in [-0.1, -0.05) is 13.8 Å². The molecule has 3 unspecified atom stereocenters. The standard InChI is InChI=1S/C10H20O3/c1-7(2)8-4-5-10(3,11)9(6-8)13-12/h7-9,11-12H,4-6H2,1-3H3. The van der Waals surface area contributed by atoms with Crippen molar-refractivity contribution in [2.24, 2.45) is 11.8 Å². The van der Waals surface area contributed by atoms with E-state index in [1.165, 1.54) is 0 Å². The average Bonchev–Trinajstić information content (AvgIpc) is 2.03. The van der Waals surface area contributed by atoms with E-state index in [0.717, 1.165) is 12.8 Å². The van der Waals surface area contributed by atoms with Crippen molar-refractivity contribution >= 4 is 0 Å². The molecule has 3 atom stereocenters. The maximum Gasteiger partial charge on any atom is 0.121 e. The van der Waals surface area contributed by atoms with Crippen molar-refractivity contribution in [3.05, 3.63) is 0 Å². The van der Waals surface area contributed by atoms with Crippen molar-refractivity contribution in [1.82, 2.24) is 0 Å². The lowest BCUT2D eigenvalue weighted by Gasteiger charge is -2.39. The second kappa shape index (κ2) is 3.95. The van der Waals surface area contributed by atoms with Crippen LogP contribution in [0.25, 0.3) is 0 Å². The number of hydrogen-bond donors (Lipinski definition) is 2. The quantitative estimate of drug-likeness (QED) is 0.515. The zero-order valence-corrected chi connectivity index (χ0v) is 8.66. The average molecular weight is 188 g/mol. The minimum absolute atomic E-state index is 0.423. The Morgan fingerprint density at radius 2 is 2.08 bits per heavy atom. The second-order valence-electron chi connectivity index (χ2n) is 4.73. The van der Waals surface area contributed by atoms with Crippen LogP contribution in [-0.4, -0.2) is 22.1 Å². The summed E-state index contributed by atoms with van der Waals surface area (Å²) in [5, 5.41) is 18.5. The van der Waals surface area contributed by atoms with Gasteiger partial charge in [-0.05, 0) is 38.0 Å². The van der Waals surface area contributed by atoms with Gasteiger partial charge in [0.15, 0.2) is 0 Å². The summed E-state index contributed by atoms with van der Waals surface area (Å²) >= 11 is 0. The highest BCUT2D eigenvalue weighted by molar-refractivity contribution is 4.90. The SMILES string of the molecule is CC(C)C1CCC(C)(O)C(OO)C1. The molecule has 1 aliphatic carbocycles. The van der Waals surface area contributed by atoms with E-state index in [1.54, 1.807) is 6.92 Å². The van der Waals surface area contributed by atoms with E-state index in [4.69, 9.17) is 5.26 Å². The summed E-state index contributed by atoms with van der Waals surface area (Å²) in [6.07, 6.45) is 2.06. The fourth-order valence-electron chi connectivity index (χ4n) is 2.05. The van der Waals surface area contributed by atoms with Crippen LogP contribution in [0.4, 0.5) is 0 Å². The maximum atomic E-state index is 9.85. The Hall–Kier alpha value is -0.120. The highest BCUT2D eigenvalue weighted by atomic mass is 17.1. The van der Waals surface area contributed by atoms with Crippen molar-refractivity contribution < 1.29 is 15.3 Å². The Labute approximate surface area is 79.6 Å². The van der Waals surface area contributed by atoms with Crippen LogP contribution in [0.5, 0.6) is 0 Å². The van der Waals surface area contributed by atoms with Gasteiger partial charge in [0.05, 0.1) is 5.60 Å². The Morgan fingerprint density at radius 1 is 1.46 bits per heavy atom. The van der Waals surface area contributed by atoms with Crippen LogP contribution in [0.15, 0.2) is 0 Å². The first-order chi connectivity index (χ1) is 5.97. The molecule has 0 radical (unpaired) electrons. The van der Waals surface area contributed by atoms with Gasteiger partial charge in [-0.25, -0.2) is 4.89 Å². The lowest BCUT2D eigenvalue weighted by Crippen LogP contribution is -2.46. The summed E-state index contributed by atoms with van der Waals surface area (Å²) in [5.74, 6) is 1.14. The topological polar surface area (TPSA) is 49.7 Å². The molecule has 0 aliphatic heterocycles. The minimum atomic E-state index is -0.861. The molecule has 78 valence electrons. The Morgan fingerprint density at radius 3 is 2.54 bits per heavy atom. The molecule has 1 aliphatic rings. The molecule has 0 spiro atoms. The third kappa shape index (κ3) is 2.42. The molecule has 0 saturated heterocycles. The van der Waals surface area contributed by atoms with Crippen molar-refractivity contribution in [2.45, 2.75) is 51.7 Å². The molecule has 0 heterocycles. The molecule has 0 aromatic heterocycles. The summed E-state index contributed by atoms with van der Waals surface area (Å²) in [4.78, 5) is 4.34. The van der Waals surface area contributed by atoms with Crippen LogP contribution < -0.4 is 0 Å². The van der Waals surface area contributed by atoms with E-state index in [9.17, 15) is 5.11 Å². The summed E-state index contributed by atoms with van der Waals surface area (Å²) < 4.78 is 0. The summed E-state index contributed by atoms with van der Waals surface area (Å²) in [6, 6.07) is 0. The van der Waals surface area contributed by atoms with Gasteiger partial charge in [0.25, 0.3) is 0 Å². The first-order valence-corrected chi connectivity index (χ1v) is 5.00. The van der Waals surface area contributed by atoms with Gasteiger partial charge >= 0.3 is 0 Å². The number of rotatable bonds is 2. The molecule has 0 amide bonds. The van der Waals surface area contributed by atoms with Gasteiger partial charge in [-0.3, -0.25) is 5.26 Å². The normalized spacial score (nSPS) is 41.1. The molecule has 0 bridgehead atoms. The lowest BCUT2D eigenvalue weighted by molar-refractivity contribution is -0.323. The second-order valence-corrected chi connectivity index (χ2v) is 4.73. The Bertz CT molecular complexity index is 166. The van der Waals surface area contributed by atoms with Crippen LogP contribution in [0.1, 0.15) is 40.0 Å². The van der Waals surface area contributed by atoms with Crippen LogP contribution in [0, 0.1) is 11.8 Å². The van der Waals surface area contributed by atoms with Gasteiger partial charge in [0.2, 0.25) is 0 Å². The van der Waals surface area contributed by atoms with E-state index >= 15 is 0 Å². The van der Waals surface area contributed by atoms with Crippen molar-refractivity contribution in [3.8, 4) is 0 Å². The van der Waals surface area contributed by atoms with Gasteiger partial charge in [-0.2, -0.15) is 0 Å². The first-order valence-electron chi connectivity index (χ1n) is 5.00. The molecule has 1 fully saturated rings. The van der Waals surface area contributed by atoms with Gasteiger partial charge < -0.3 is 5.11 Å². The van der Waals surface area contributed by atoms with Crippen LogP contribution in [0.2, 0.25) is 0 Å². The summed E-state index contributed by atoms with van der Waals surface area (Å²) in [6.45, 7) is 6.06. The minimum Gasteiger partial charge on any atom is -0.387 e. The molecule has 13 heavy (non-hydrogen) atoms. The van der Waals surface area contributed by atoms with Crippen LogP contribution in [0.3, 0.4) is 0 Å². The highest BCUT2D eigenvalue weighted by Crippen LogP contribution is 2.36. The Balaban J connectivity index is 2.58. The molecule has 3 nitrogen and oxygen atoms in total. The van der Waals surface area contributed by atoms with E-state index in [-0.39, 0.29) is 0 Å². The third-order valence-electron chi connectivity index (χ3n) is 3.30. The smallest absolute Gasteiger partial charge is 0.121 e. The predicted octanol–water partition coefficient (Wildman–Crippen LogP) is 2.05. The van der Waals surface area contributed by atoms with Crippen molar-refractivity contribution in [1.29, 1.82) is 0 Å². The first kappa shape index (κ1) is 11.0. The van der Waals surface area contributed by atoms with Gasteiger partial charge in [0, 0.05) is 0 Å². The molecule has 1 rings (SSSR count). The third-order valence-corrected chi connectivity index (χ3v) is 3.30. The highest BCUT2D eigenvalue weighted by Gasteiger charge is 2.40. The molecule has 2 N–H and O–H groups in total. The van der Waals surface area contributed by atoms with E-state index in [0.29, 0.717) is 18.3 Å². The number of aliphatic hydroxyl groups is 1. The summed E-state index contributed by atoms with van der Waals surface area (Å²) in [7, 11) is 0. The zero-order valence-electron chi connectivity index (χ0n) is 8.66.